The summed E-state index contributed by atoms with van der Waals surface area (Å²) in [5.41, 5.74) is 0.896. The fourth-order valence-electron chi connectivity index (χ4n) is 0.617. The predicted octanol–water partition coefficient (Wildman–Crippen LogP) is 0.0674. The van der Waals surface area contributed by atoms with Crippen LogP contribution < -0.4 is 0 Å². The highest BCUT2D eigenvalue weighted by Crippen LogP contribution is 1.98. The minimum absolute atomic E-state index is 0. The van der Waals surface area contributed by atoms with Gasteiger partial charge in [-0.25, -0.2) is 4.79 Å². The zero-order chi connectivity index (χ0) is 10.1. The second-order valence-corrected chi connectivity index (χ2v) is 2.52. The molecule has 0 saturated carbocycles. The normalized spacial score (nSPS) is 7.64. The van der Waals surface area contributed by atoms with Crippen molar-refractivity contribution < 1.29 is 24.6 Å². The van der Waals surface area contributed by atoms with E-state index < -0.39 is 8.25 Å². The van der Waals surface area contributed by atoms with Crippen LogP contribution in [-0.4, -0.2) is 21.2 Å². The van der Waals surface area contributed by atoms with Crippen LogP contribution in [0.4, 0.5) is 0 Å². The zero-order valence-corrected chi connectivity index (χ0v) is 8.18. The van der Waals surface area contributed by atoms with Crippen molar-refractivity contribution in [1.29, 1.82) is 0 Å². The standard InChI is InChI=1S/C8H6O.H3O3P.H2O/c9-7-6-8-4-2-1-3-5-8;1-4(2)3;/h1-6H;4H,(H2,1,2,3);1H2. The lowest BCUT2D eigenvalue weighted by molar-refractivity contribution is 0.405. The van der Waals surface area contributed by atoms with Gasteiger partial charge in [0.1, 0.15) is 5.94 Å². The Hall–Kier alpha value is -1.22. The molecule has 0 bridgehead atoms. The molecule has 0 aliphatic rings. The summed E-state index contributed by atoms with van der Waals surface area (Å²) in [7, 11) is -3.13. The third-order valence-corrected chi connectivity index (χ3v) is 1.03. The van der Waals surface area contributed by atoms with Crippen molar-refractivity contribution in [3.8, 4) is 0 Å². The lowest BCUT2D eigenvalue weighted by atomic mass is 10.2. The second kappa shape index (κ2) is 9.86. The van der Waals surface area contributed by atoms with Crippen molar-refractivity contribution in [2.75, 3.05) is 0 Å². The molecule has 0 atom stereocenters. The second-order valence-electron chi connectivity index (χ2n) is 1.96. The molecular weight excluding hydrogens is 207 g/mol. The number of rotatable bonds is 1. The van der Waals surface area contributed by atoms with Gasteiger partial charge >= 0.3 is 8.25 Å². The quantitative estimate of drug-likeness (QED) is 0.513. The zero-order valence-electron chi connectivity index (χ0n) is 7.18. The first-order chi connectivity index (χ1) is 6.16. The first-order valence-corrected chi connectivity index (χ1v) is 4.65. The molecule has 0 unspecified atom stereocenters. The van der Waals surface area contributed by atoms with Crippen molar-refractivity contribution in [3.63, 3.8) is 0 Å². The highest BCUT2D eigenvalue weighted by atomic mass is 31.1. The summed E-state index contributed by atoms with van der Waals surface area (Å²) in [6.45, 7) is 0. The van der Waals surface area contributed by atoms with Crippen molar-refractivity contribution >= 4 is 20.3 Å². The Kier molecular flexibility index (Phi) is 10.8. The molecule has 0 amide bonds. The summed E-state index contributed by atoms with van der Waals surface area (Å²) in [6.07, 6.45) is 1.40. The fourth-order valence-corrected chi connectivity index (χ4v) is 0.617. The molecular formula is C8H11O5P. The summed E-state index contributed by atoms with van der Waals surface area (Å²) >= 11 is 0. The van der Waals surface area contributed by atoms with Crippen LogP contribution in [0, 0.1) is 0 Å². The summed E-state index contributed by atoms with van der Waals surface area (Å²) in [5, 5.41) is 0. The third-order valence-electron chi connectivity index (χ3n) is 1.03. The summed E-state index contributed by atoms with van der Waals surface area (Å²) in [6, 6.07) is 9.37. The van der Waals surface area contributed by atoms with E-state index in [1.54, 1.807) is 5.94 Å². The molecule has 14 heavy (non-hydrogen) atoms. The van der Waals surface area contributed by atoms with E-state index in [4.69, 9.17) is 14.4 Å². The van der Waals surface area contributed by atoms with Crippen LogP contribution in [0.1, 0.15) is 5.56 Å². The van der Waals surface area contributed by atoms with Gasteiger partial charge in [-0.1, -0.05) is 30.3 Å². The molecule has 78 valence electrons. The van der Waals surface area contributed by atoms with Gasteiger partial charge in [-0.15, -0.1) is 0 Å². The minimum Gasteiger partial charge on any atom is -0.412 e. The maximum absolute atomic E-state index is 9.79. The van der Waals surface area contributed by atoms with Gasteiger partial charge in [-0.3, -0.25) is 4.57 Å². The SMILES string of the molecule is O.O=C=Cc1ccccc1.O=[PH](O)O. The van der Waals surface area contributed by atoms with Crippen LogP contribution in [0.15, 0.2) is 30.3 Å². The molecule has 1 aromatic carbocycles. The molecule has 0 aliphatic carbocycles. The molecule has 4 N–H and O–H groups in total. The Morgan fingerprint density at radius 2 is 1.64 bits per heavy atom. The predicted molar refractivity (Wildman–Crippen MR) is 53.7 cm³/mol. The smallest absolute Gasteiger partial charge is 0.314 e. The maximum Gasteiger partial charge on any atom is 0.314 e. The Morgan fingerprint density at radius 3 is 2.00 bits per heavy atom. The van der Waals surface area contributed by atoms with Gasteiger partial charge in [-0.05, 0) is 5.56 Å². The van der Waals surface area contributed by atoms with E-state index in [1.165, 1.54) is 6.08 Å². The third kappa shape index (κ3) is 10.8. The lowest BCUT2D eigenvalue weighted by Crippen LogP contribution is -1.66. The highest BCUT2D eigenvalue weighted by Gasteiger charge is 1.78. The average Bonchev–Trinajstić information content (AvgIpc) is 2.06. The average molecular weight is 218 g/mol. The number of hydrogen-bond acceptors (Lipinski definition) is 2. The first-order valence-electron chi connectivity index (χ1n) is 3.34. The Balaban J connectivity index is 0. The van der Waals surface area contributed by atoms with Gasteiger partial charge in [0, 0.05) is 6.08 Å². The molecule has 0 fully saturated rings. The summed E-state index contributed by atoms with van der Waals surface area (Å²) in [4.78, 5) is 24.1. The van der Waals surface area contributed by atoms with E-state index in [0.717, 1.165) is 5.56 Å². The maximum atomic E-state index is 9.79. The van der Waals surface area contributed by atoms with E-state index in [1.807, 2.05) is 30.3 Å². The molecule has 1 rings (SSSR count). The van der Waals surface area contributed by atoms with E-state index in [2.05, 4.69) is 0 Å². The largest absolute Gasteiger partial charge is 0.412 e. The van der Waals surface area contributed by atoms with E-state index >= 15 is 0 Å². The van der Waals surface area contributed by atoms with Crippen molar-refractivity contribution in [2.24, 2.45) is 0 Å². The lowest BCUT2D eigenvalue weighted by Gasteiger charge is -1.83. The molecule has 0 spiro atoms. The molecule has 5 nitrogen and oxygen atoms in total. The Bertz CT molecular complexity index is 301. The minimum atomic E-state index is -3.13. The van der Waals surface area contributed by atoms with Crippen LogP contribution in [0.25, 0.3) is 6.08 Å². The van der Waals surface area contributed by atoms with Crippen LogP contribution in [-0.2, 0) is 9.36 Å². The molecule has 6 heteroatoms. The van der Waals surface area contributed by atoms with Crippen molar-refractivity contribution in [3.05, 3.63) is 35.9 Å². The fraction of sp³-hybridized carbons (Fsp3) is 0. The molecule has 0 saturated heterocycles. The van der Waals surface area contributed by atoms with Crippen molar-refractivity contribution in [2.45, 2.75) is 0 Å². The van der Waals surface area contributed by atoms with E-state index in [9.17, 15) is 4.79 Å². The molecule has 0 aromatic heterocycles. The van der Waals surface area contributed by atoms with E-state index in [-0.39, 0.29) is 5.48 Å². The van der Waals surface area contributed by atoms with Crippen LogP contribution in [0.2, 0.25) is 0 Å². The van der Waals surface area contributed by atoms with Crippen LogP contribution >= 0.6 is 8.25 Å². The number of carbonyl (C=O) groups excluding carboxylic acids is 1. The van der Waals surface area contributed by atoms with E-state index in [0.29, 0.717) is 0 Å². The molecule has 0 heterocycles. The monoisotopic (exact) mass is 218 g/mol. The number of benzene rings is 1. The van der Waals surface area contributed by atoms with Gasteiger partial charge < -0.3 is 15.3 Å². The Morgan fingerprint density at radius 1 is 1.21 bits per heavy atom. The summed E-state index contributed by atoms with van der Waals surface area (Å²) in [5.74, 6) is 1.71. The first kappa shape index (κ1) is 15.3. The van der Waals surface area contributed by atoms with Gasteiger partial charge in [0.2, 0.25) is 0 Å². The topological polar surface area (TPSA) is 106 Å². The Labute approximate surface area is 81.6 Å². The van der Waals surface area contributed by atoms with Gasteiger partial charge in [0.05, 0.1) is 0 Å². The molecule has 1 aromatic rings. The van der Waals surface area contributed by atoms with Crippen LogP contribution in [0.5, 0.6) is 0 Å². The molecule has 0 radical (unpaired) electrons. The summed E-state index contributed by atoms with van der Waals surface area (Å²) < 4.78 is 8.74. The van der Waals surface area contributed by atoms with Gasteiger partial charge in [0.15, 0.2) is 0 Å². The van der Waals surface area contributed by atoms with Gasteiger partial charge in [0.25, 0.3) is 0 Å². The van der Waals surface area contributed by atoms with Crippen molar-refractivity contribution in [1.82, 2.24) is 0 Å². The van der Waals surface area contributed by atoms with Crippen LogP contribution in [0.3, 0.4) is 0 Å². The van der Waals surface area contributed by atoms with Gasteiger partial charge in [-0.2, -0.15) is 0 Å². The number of hydrogen-bond donors (Lipinski definition) is 2. The molecule has 0 aliphatic heterocycles. The highest BCUT2D eigenvalue weighted by molar-refractivity contribution is 7.30.